The number of hydrogen-bond donors (Lipinski definition) is 2. The van der Waals surface area contributed by atoms with E-state index in [-0.39, 0.29) is 6.04 Å². The number of halogens is 1. The average molecular weight is 172 g/mol. The van der Waals surface area contributed by atoms with Crippen molar-refractivity contribution in [3.05, 3.63) is 34.9 Å². The lowest BCUT2D eigenvalue weighted by atomic mass is 10.1. The van der Waals surface area contributed by atoms with Crippen molar-refractivity contribution in [2.24, 2.45) is 0 Å². The van der Waals surface area contributed by atoms with E-state index in [4.69, 9.17) is 16.8 Å². The Bertz CT molecular complexity index is 239. The lowest BCUT2D eigenvalue weighted by Crippen LogP contribution is -2.12. The van der Waals surface area contributed by atoms with E-state index in [1.165, 1.54) is 0 Å². The summed E-state index contributed by atoms with van der Waals surface area (Å²) >= 11 is 5.74. The topological polar surface area (TPSA) is 32.3 Å². The summed E-state index contributed by atoms with van der Waals surface area (Å²) in [5, 5.41) is 9.27. The monoisotopic (exact) mass is 171 g/mol. The summed E-state index contributed by atoms with van der Waals surface area (Å²) in [7, 11) is 0. The van der Waals surface area contributed by atoms with Gasteiger partial charge in [0.2, 0.25) is 0 Å². The third-order valence-electron chi connectivity index (χ3n) is 1.54. The molecule has 0 aromatic heterocycles. The van der Waals surface area contributed by atoms with Crippen LogP contribution in [0.2, 0.25) is 5.02 Å². The molecule has 0 saturated heterocycles. The zero-order valence-corrected chi connectivity index (χ0v) is 6.97. The quantitative estimate of drug-likeness (QED) is 0.670. The SMILES string of the molecule is CC(NO)c1cccc(Cl)c1. The molecule has 3 heteroatoms. The molecule has 0 bridgehead atoms. The largest absolute Gasteiger partial charge is 0.316 e. The van der Waals surface area contributed by atoms with Crippen molar-refractivity contribution in [1.82, 2.24) is 5.48 Å². The predicted octanol–water partition coefficient (Wildman–Crippen LogP) is 2.38. The minimum atomic E-state index is -0.0753. The van der Waals surface area contributed by atoms with E-state index < -0.39 is 0 Å². The molecule has 1 atom stereocenters. The van der Waals surface area contributed by atoms with Crippen LogP contribution in [0.3, 0.4) is 0 Å². The Kier molecular flexibility index (Phi) is 2.88. The molecule has 0 heterocycles. The predicted molar refractivity (Wildman–Crippen MR) is 44.8 cm³/mol. The summed E-state index contributed by atoms with van der Waals surface area (Å²) in [6, 6.07) is 7.30. The molecule has 1 rings (SSSR count). The van der Waals surface area contributed by atoms with Crippen molar-refractivity contribution in [2.75, 3.05) is 0 Å². The number of rotatable bonds is 2. The van der Waals surface area contributed by atoms with Crippen LogP contribution < -0.4 is 5.48 Å². The molecule has 0 radical (unpaired) electrons. The van der Waals surface area contributed by atoms with Crippen molar-refractivity contribution in [3.63, 3.8) is 0 Å². The summed E-state index contributed by atoms with van der Waals surface area (Å²) in [5.41, 5.74) is 3.12. The molecule has 1 unspecified atom stereocenters. The van der Waals surface area contributed by atoms with Gasteiger partial charge in [-0.25, -0.2) is 0 Å². The maximum atomic E-state index is 8.59. The molecule has 60 valence electrons. The van der Waals surface area contributed by atoms with Crippen molar-refractivity contribution in [1.29, 1.82) is 0 Å². The number of benzene rings is 1. The summed E-state index contributed by atoms with van der Waals surface area (Å²) in [6.07, 6.45) is 0. The van der Waals surface area contributed by atoms with Gasteiger partial charge in [-0.3, -0.25) is 0 Å². The molecule has 2 nitrogen and oxygen atoms in total. The van der Waals surface area contributed by atoms with Gasteiger partial charge in [-0.15, -0.1) is 0 Å². The minimum Gasteiger partial charge on any atom is -0.316 e. The molecule has 0 fully saturated rings. The van der Waals surface area contributed by atoms with Gasteiger partial charge in [0.15, 0.2) is 0 Å². The van der Waals surface area contributed by atoms with Crippen LogP contribution in [-0.2, 0) is 0 Å². The molecular weight excluding hydrogens is 162 g/mol. The molecular formula is C8H10ClNO. The highest BCUT2D eigenvalue weighted by Gasteiger charge is 2.01. The van der Waals surface area contributed by atoms with Crippen molar-refractivity contribution in [2.45, 2.75) is 13.0 Å². The zero-order valence-electron chi connectivity index (χ0n) is 6.21. The molecule has 11 heavy (non-hydrogen) atoms. The van der Waals surface area contributed by atoms with Crippen LogP contribution in [0.15, 0.2) is 24.3 Å². The third-order valence-corrected chi connectivity index (χ3v) is 1.78. The van der Waals surface area contributed by atoms with Crippen molar-refractivity contribution < 1.29 is 5.21 Å². The van der Waals surface area contributed by atoms with Crippen LogP contribution in [0.1, 0.15) is 18.5 Å². The second kappa shape index (κ2) is 3.72. The Hall–Kier alpha value is -0.570. The molecule has 0 aliphatic heterocycles. The normalized spacial score (nSPS) is 13.0. The average Bonchev–Trinajstić information content (AvgIpc) is 2.03. The van der Waals surface area contributed by atoms with Crippen LogP contribution >= 0.6 is 11.6 Å². The first-order valence-electron chi connectivity index (χ1n) is 3.39. The highest BCUT2D eigenvalue weighted by atomic mass is 35.5. The van der Waals surface area contributed by atoms with E-state index in [9.17, 15) is 0 Å². The Labute approximate surface area is 70.8 Å². The lowest BCUT2D eigenvalue weighted by molar-refractivity contribution is 0.133. The zero-order chi connectivity index (χ0) is 8.27. The van der Waals surface area contributed by atoms with Gasteiger partial charge in [0.05, 0.1) is 6.04 Å². The van der Waals surface area contributed by atoms with Gasteiger partial charge in [-0.2, -0.15) is 5.48 Å². The van der Waals surface area contributed by atoms with Crippen molar-refractivity contribution in [3.8, 4) is 0 Å². The Balaban J connectivity index is 2.86. The number of hydrogen-bond acceptors (Lipinski definition) is 2. The fraction of sp³-hybridized carbons (Fsp3) is 0.250. The third kappa shape index (κ3) is 2.19. The molecule has 0 saturated carbocycles. The van der Waals surface area contributed by atoms with Crippen LogP contribution in [0.4, 0.5) is 0 Å². The van der Waals surface area contributed by atoms with E-state index in [1.54, 1.807) is 6.07 Å². The first-order valence-corrected chi connectivity index (χ1v) is 3.77. The summed E-state index contributed by atoms with van der Waals surface area (Å²) in [4.78, 5) is 0. The van der Waals surface area contributed by atoms with Crippen LogP contribution in [-0.4, -0.2) is 5.21 Å². The first kappa shape index (κ1) is 8.53. The van der Waals surface area contributed by atoms with Gasteiger partial charge in [0.1, 0.15) is 0 Å². The maximum absolute atomic E-state index is 8.59. The second-order valence-corrected chi connectivity index (χ2v) is 2.84. The van der Waals surface area contributed by atoms with Crippen LogP contribution in [0, 0.1) is 0 Å². The highest BCUT2D eigenvalue weighted by Crippen LogP contribution is 2.16. The van der Waals surface area contributed by atoms with E-state index in [0.717, 1.165) is 5.56 Å². The molecule has 1 aromatic rings. The smallest absolute Gasteiger partial charge is 0.0541 e. The van der Waals surface area contributed by atoms with Crippen molar-refractivity contribution >= 4 is 11.6 Å². The molecule has 0 spiro atoms. The van der Waals surface area contributed by atoms with E-state index >= 15 is 0 Å². The fourth-order valence-corrected chi connectivity index (χ4v) is 1.05. The van der Waals surface area contributed by atoms with Gasteiger partial charge in [-0.05, 0) is 24.6 Å². The van der Waals surface area contributed by atoms with Gasteiger partial charge in [0.25, 0.3) is 0 Å². The van der Waals surface area contributed by atoms with Gasteiger partial charge < -0.3 is 5.21 Å². The lowest BCUT2D eigenvalue weighted by Gasteiger charge is -2.08. The summed E-state index contributed by atoms with van der Waals surface area (Å²) < 4.78 is 0. The molecule has 2 N–H and O–H groups in total. The molecule has 0 aliphatic rings. The number of hydroxylamine groups is 1. The number of nitrogens with one attached hydrogen (secondary N) is 1. The van der Waals surface area contributed by atoms with Gasteiger partial charge in [0, 0.05) is 5.02 Å². The highest BCUT2D eigenvalue weighted by molar-refractivity contribution is 6.30. The summed E-state index contributed by atoms with van der Waals surface area (Å²) in [6.45, 7) is 1.85. The minimum absolute atomic E-state index is 0.0753. The van der Waals surface area contributed by atoms with Crippen LogP contribution in [0.25, 0.3) is 0 Å². The van der Waals surface area contributed by atoms with E-state index in [2.05, 4.69) is 5.48 Å². The molecule has 0 aliphatic carbocycles. The molecule has 0 amide bonds. The molecule has 1 aromatic carbocycles. The van der Waals surface area contributed by atoms with Gasteiger partial charge in [-0.1, -0.05) is 23.7 Å². The second-order valence-electron chi connectivity index (χ2n) is 2.41. The summed E-state index contributed by atoms with van der Waals surface area (Å²) in [5.74, 6) is 0. The Morgan fingerprint density at radius 3 is 2.82 bits per heavy atom. The van der Waals surface area contributed by atoms with E-state index in [0.29, 0.717) is 5.02 Å². The maximum Gasteiger partial charge on any atom is 0.0541 e. The Morgan fingerprint density at radius 2 is 2.27 bits per heavy atom. The van der Waals surface area contributed by atoms with E-state index in [1.807, 2.05) is 25.1 Å². The van der Waals surface area contributed by atoms with Gasteiger partial charge >= 0.3 is 0 Å². The van der Waals surface area contributed by atoms with Crippen LogP contribution in [0.5, 0.6) is 0 Å². The standard InChI is InChI=1S/C8H10ClNO/c1-6(10-11)7-3-2-4-8(9)5-7/h2-6,10-11H,1H3. The fourth-order valence-electron chi connectivity index (χ4n) is 0.850. The first-order chi connectivity index (χ1) is 5.24. The Morgan fingerprint density at radius 1 is 1.55 bits per heavy atom.